The summed E-state index contributed by atoms with van der Waals surface area (Å²) in [5.74, 6) is 0. The Balaban J connectivity index is 1.19. The van der Waals surface area contributed by atoms with Crippen molar-refractivity contribution in [2.45, 2.75) is 33.9 Å². The SMILES string of the molecule is Cc1cc(-c2cc(CN3CCN(Cc4ccnc(-c5ccccc5)c4)CC3)ccn2)cc(C)c1C. The third-order valence-corrected chi connectivity index (χ3v) is 7.22. The average Bonchev–Trinajstić information content (AvgIpc) is 2.89. The van der Waals surface area contributed by atoms with E-state index in [1.54, 1.807) is 0 Å². The Hall–Kier alpha value is -3.34. The van der Waals surface area contributed by atoms with Crippen molar-refractivity contribution in [3.05, 3.63) is 107 Å². The molecule has 0 aliphatic carbocycles. The molecular formula is C31H34N4. The summed E-state index contributed by atoms with van der Waals surface area (Å²) in [4.78, 5) is 14.4. The maximum Gasteiger partial charge on any atom is 0.0705 e. The molecule has 0 radical (unpaired) electrons. The third kappa shape index (κ3) is 5.67. The van der Waals surface area contributed by atoms with Crippen LogP contribution in [0.2, 0.25) is 0 Å². The van der Waals surface area contributed by atoms with Crippen LogP contribution in [0.3, 0.4) is 0 Å². The third-order valence-electron chi connectivity index (χ3n) is 7.22. The van der Waals surface area contributed by atoms with Crippen LogP contribution >= 0.6 is 0 Å². The summed E-state index contributed by atoms with van der Waals surface area (Å²) in [7, 11) is 0. The molecule has 1 fully saturated rings. The van der Waals surface area contributed by atoms with Crippen molar-refractivity contribution in [2.75, 3.05) is 26.2 Å². The molecule has 0 N–H and O–H groups in total. The Labute approximate surface area is 209 Å². The second-order valence-electron chi connectivity index (χ2n) is 9.75. The van der Waals surface area contributed by atoms with Gasteiger partial charge in [0.1, 0.15) is 0 Å². The number of pyridine rings is 2. The lowest BCUT2D eigenvalue weighted by molar-refractivity contribution is 0.122. The number of aryl methyl sites for hydroxylation is 2. The van der Waals surface area contributed by atoms with E-state index in [-0.39, 0.29) is 0 Å². The van der Waals surface area contributed by atoms with Gasteiger partial charge in [0, 0.05) is 62.8 Å². The lowest BCUT2D eigenvalue weighted by Gasteiger charge is -2.34. The van der Waals surface area contributed by atoms with Crippen molar-refractivity contribution in [3.63, 3.8) is 0 Å². The van der Waals surface area contributed by atoms with Gasteiger partial charge in [0.15, 0.2) is 0 Å². The van der Waals surface area contributed by atoms with Crippen molar-refractivity contribution in [1.29, 1.82) is 0 Å². The summed E-state index contributed by atoms with van der Waals surface area (Å²) in [6, 6.07) is 23.7. The fraction of sp³-hybridized carbons (Fsp3) is 0.290. The number of rotatable bonds is 6. The lowest BCUT2D eigenvalue weighted by Crippen LogP contribution is -2.45. The second-order valence-corrected chi connectivity index (χ2v) is 9.75. The van der Waals surface area contributed by atoms with Gasteiger partial charge in [0.25, 0.3) is 0 Å². The topological polar surface area (TPSA) is 32.3 Å². The van der Waals surface area contributed by atoms with Crippen LogP contribution in [0, 0.1) is 20.8 Å². The number of piperazine rings is 1. The summed E-state index contributed by atoms with van der Waals surface area (Å²) < 4.78 is 0. The molecule has 0 spiro atoms. The zero-order valence-corrected chi connectivity index (χ0v) is 21.0. The van der Waals surface area contributed by atoms with E-state index in [4.69, 9.17) is 0 Å². The molecule has 0 bridgehead atoms. The first-order valence-corrected chi connectivity index (χ1v) is 12.5. The largest absolute Gasteiger partial charge is 0.297 e. The molecule has 0 atom stereocenters. The standard InChI is InChI=1S/C31H34N4/c1-23-17-29(18-24(2)25(23)3)31-20-27(10-12-33-31)22-35-15-13-34(14-16-35)21-26-9-11-32-30(19-26)28-7-5-4-6-8-28/h4-12,17-20H,13-16,21-22H2,1-3H3. The molecule has 4 aromatic rings. The normalized spacial score (nSPS) is 14.8. The monoisotopic (exact) mass is 462 g/mol. The molecule has 5 rings (SSSR count). The van der Waals surface area contributed by atoms with E-state index in [0.29, 0.717) is 0 Å². The predicted molar refractivity (Wildman–Crippen MR) is 144 cm³/mol. The molecule has 0 amide bonds. The smallest absolute Gasteiger partial charge is 0.0705 e. The van der Waals surface area contributed by atoms with E-state index in [0.717, 1.165) is 50.7 Å². The molecule has 1 aliphatic heterocycles. The molecule has 0 saturated carbocycles. The van der Waals surface area contributed by atoms with E-state index in [1.165, 1.54) is 38.9 Å². The molecule has 0 unspecified atom stereocenters. The van der Waals surface area contributed by atoms with Gasteiger partial charge in [-0.05, 0) is 85.0 Å². The summed E-state index contributed by atoms with van der Waals surface area (Å²) >= 11 is 0. The highest BCUT2D eigenvalue weighted by molar-refractivity contribution is 5.63. The molecule has 4 nitrogen and oxygen atoms in total. The Morgan fingerprint density at radius 2 is 1.09 bits per heavy atom. The fourth-order valence-corrected chi connectivity index (χ4v) is 4.88. The number of hydrogen-bond donors (Lipinski definition) is 0. The molecule has 35 heavy (non-hydrogen) atoms. The van der Waals surface area contributed by atoms with Crippen molar-refractivity contribution in [3.8, 4) is 22.5 Å². The zero-order valence-electron chi connectivity index (χ0n) is 21.0. The summed E-state index contributed by atoms with van der Waals surface area (Å²) in [6.07, 6.45) is 3.89. The first kappa shape index (κ1) is 23.4. The van der Waals surface area contributed by atoms with Gasteiger partial charge >= 0.3 is 0 Å². The molecule has 3 heterocycles. The van der Waals surface area contributed by atoms with Crippen molar-refractivity contribution in [1.82, 2.24) is 19.8 Å². The molecule has 1 aliphatic rings. The van der Waals surface area contributed by atoms with Crippen LogP contribution in [0.1, 0.15) is 27.8 Å². The van der Waals surface area contributed by atoms with Crippen LogP contribution < -0.4 is 0 Å². The highest BCUT2D eigenvalue weighted by atomic mass is 15.3. The highest BCUT2D eigenvalue weighted by Crippen LogP contribution is 2.25. The lowest BCUT2D eigenvalue weighted by atomic mass is 9.98. The van der Waals surface area contributed by atoms with E-state index >= 15 is 0 Å². The highest BCUT2D eigenvalue weighted by Gasteiger charge is 2.18. The quantitative estimate of drug-likeness (QED) is 0.349. The van der Waals surface area contributed by atoms with Gasteiger partial charge < -0.3 is 0 Å². The summed E-state index contributed by atoms with van der Waals surface area (Å²) in [5, 5.41) is 0. The predicted octanol–water partition coefficient (Wildman–Crippen LogP) is 6.05. The number of nitrogens with zero attached hydrogens (tertiary/aromatic N) is 4. The Morgan fingerprint density at radius 1 is 0.600 bits per heavy atom. The van der Waals surface area contributed by atoms with Gasteiger partial charge in [-0.1, -0.05) is 30.3 Å². The molecule has 1 saturated heterocycles. The molecular weight excluding hydrogens is 428 g/mol. The van der Waals surface area contributed by atoms with Crippen LogP contribution in [0.5, 0.6) is 0 Å². The van der Waals surface area contributed by atoms with Crippen molar-refractivity contribution < 1.29 is 0 Å². The Morgan fingerprint density at radius 3 is 1.60 bits per heavy atom. The van der Waals surface area contributed by atoms with E-state index in [2.05, 4.69) is 101 Å². The van der Waals surface area contributed by atoms with Gasteiger partial charge in [-0.15, -0.1) is 0 Å². The molecule has 178 valence electrons. The Bertz CT molecular complexity index is 1270. The molecule has 4 heteroatoms. The first-order valence-electron chi connectivity index (χ1n) is 12.5. The number of hydrogen-bond acceptors (Lipinski definition) is 4. The van der Waals surface area contributed by atoms with E-state index < -0.39 is 0 Å². The molecule has 2 aromatic carbocycles. The van der Waals surface area contributed by atoms with E-state index in [1.807, 2.05) is 18.5 Å². The number of benzene rings is 2. The first-order chi connectivity index (χ1) is 17.0. The van der Waals surface area contributed by atoms with Gasteiger partial charge in [-0.25, -0.2) is 0 Å². The van der Waals surface area contributed by atoms with Gasteiger partial charge in [0.2, 0.25) is 0 Å². The van der Waals surface area contributed by atoms with E-state index in [9.17, 15) is 0 Å². The van der Waals surface area contributed by atoms with Crippen LogP contribution in [-0.4, -0.2) is 45.9 Å². The minimum Gasteiger partial charge on any atom is -0.297 e. The second kappa shape index (κ2) is 10.5. The van der Waals surface area contributed by atoms with Crippen LogP contribution in [-0.2, 0) is 13.1 Å². The minimum atomic E-state index is 0.973. The van der Waals surface area contributed by atoms with Gasteiger partial charge in [0.05, 0.1) is 11.4 Å². The Kier molecular flexibility index (Phi) is 7.03. The van der Waals surface area contributed by atoms with Crippen LogP contribution in [0.15, 0.2) is 79.1 Å². The summed E-state index contributed by atoms with van der Waals surface area (Å²) in [5.41, 5.74) is 11.2. The number of aromatic nitrogens is 2. The molecule has 2 aromatic heterocycles. The van der Waals surface area contributed by atoms with Crippen molar-refractivity contribution in [2.24, 2.45) is 0 Å². The zero-order chi connectivity index (χ0) is 24.2. The van der Waals surface area contributed by atoms with Crippen LogP contribution in [0.4, 0.5) is 0 Å². The minimum absolute atomic E-state index is 0.973. The average molecular weight is 463 g/mol. The van der Waals surface area contributed by atoms with Gasteiger partial charge in [-0.2, -0.15) is 0 Å². The fourth-order valence-electron chi connectivity index (χ4n) is 4.88. The van der Waals surface area contributed by atoms with Crippen molar-refractivity contribution >= 4 is 0 Å². The maximum absolute atomic E-state index is 4.67. The van der Waals surface area contributed by atoms with Crippen LogP contribution in [0.25, 0.3) is 22.5 Å². The maximum atomic E-state index is 4.67. The van der Waals surface area contributed by atoms with Gasteiger partial charge in [-0.3, -0.25) is 19.8 Å². The summed E-state index contributed by atoms with van der Waals surface area (Å²) in [6.45, 7) is 12.8.